The van der Waals surface area contributed by atoms with Gasteiger partial charge in [0.15, 0.2) is 0 Å². The molecule has 0 saturated carbocycles. The topological polar surface area (TPSA) is 41.6 Å². The third-order valence-corrected chi connectivity index (χ3v) is 3.32. The van der Waals surface area contributed by atoms with Crippen LogP contribution in [0.4, 0.5) is 4.79 Å². The third kappa shape index (κ3) is 1.46. The van der Waals surface area contributed by atoms with Crippen LogP contribution in [0.3, 0.4) is 0 Å². The van der Waals surface area contributed by atoms with Crippen molar-refractivity contribution in [2.45, 2.75) is 18.4 Å². The molecule has 16 heavy (non-hydrogen) atoms. The van der Waals surface area contributed by atoms with Gasteiger partial charge in [0.25, 0.3) is 0 Å². The van der Waals surface area contributed by atoms with Crippen LogP contribution < -0.4 is 5.32 Å². The second kappa shape index (κ2) is 3.79. The van der Waals surface area contributed by atoms with E-state index in [0.717, 1.165) is 6.42 Å². The molecule has 2 saturated heterocycles. The number of amides is 2. The van der Waals surface area contributed by atoms with Gasteiger partial charge in [0.05, 0.1) is 12.6 Å². The molecule has 2 amide bonds. The number of carbonyl (C=O) groups is 1. The van der Waals surface area contributed by atoms with E-state index in [2.05, 4.69) is 17.4 Å². The number of hydroxylamine groups is 2. The minimum atomic E-state index is -0.106. The molecule has 0 spiro atoms. The summed E-state index contributed by atoms with van der Waals surface area (Å²) in [5.41, 5.74) is 1.29. The van der Waals surface area contributed by atoms with Gasteiger partial charge in [0.1, 0.15) is 0 Å². The molecule has 1 aromatic carbocycles. The fourth-order valence-electron chi connectivity index (χ4n) is 2.52. The van der Waals surface area contributed by atoms with Crippen molar-refractivity contribution in [3.63, 3.8) is 0 Å². The number of carbonyl (C=O) groups excluding carboxylic acids is 1. The van der Waals surface area contributed by atoms with E-state index >= 15 is 0 Å². The van der Waals surface area contributed by atoms with Gasteiger partial charge >= 0.3 is 6.03 Å². The number of hydrogen-bond donors (Lipinski definition) is 1. The van der Waals surface area contributed by atoms with Crippen molar-refractivity contribution >= 4 is 6.03 Å². The highest BCUT2D eigenvalue weighted by Crippen LogP contribution is 2.32. The summed E-state index contributed by atoms with van der Waals surface area (Å²) in [6.07, 6.45) is 0.972. The van der Waals surface area contributed by atoms with E-state index in [9.17, 15) is 4.79 Å². The molecule has 4 nitrogen and oxygen atoms in total. The van der Waals surface area contributed by atoms with E-state index in [1.807, 2.05) is 18.2 Å². The van der Waals surface area contributed by atoms with Crippen molar-refractivity contribution in [2.75, 3.05) is 13.2 Å². The molecule has 2 aliphatic rings. The average molecular weight is 218 g/mol. The summed E-state index contributed by atoms with van der Waals surface area (Å²) in [4.78, 5) is 16.9. The molecule has 2 unspecified atom stereocenters. The van der Waals surface area contributed by atoms with Crippen molar-refractivity contribution in [3.05, 3.63) is 35.9 Å². The zero-order chi connectivity index (χ0) is 11.0. The van der Waals surface area contributed by atoms with Crippen molar-refractivity contribution in [1.29, 1.82) is 0 Å². The summed E-state index contributed by atoms with van der Waals surface area (Å²) < 4.78 is 0. The van der Waals surface area contributed by atoms with Gasteiger partial charge in [-0.25, -0.2) is 4.79 Å². The van der Waals surface area contributed by atoms with E-state index in [1.165, 1.54) is 10.6 Å². The van der Waals surface area contributed by atoms with Crippen molar-refractivity contribution in [1.82, 2.24) is 10.4 Å². The molecular formula is C12H14N2O2. The van der Waals surface area contributed by atoms with Crippen LogP contribution >= 0.6 is 0 Å². The van der Waals surface area contributed by atoms with Gasteiger partial charge in [-0.05, 0) is 12.0 Å². The first-order chi connectivity index (χ1) is 7.86. The summed E-state index contributed by atoms with van der Waals surface area (Å²) in [5.74, 6) is 0.383. The predicted molar refractivity (Wildman–Crippen MR) is 58.8 cm³/mol. The Bertz CT molecular complexity index is 393. The molecule has 0 radical (unpaired) electrons. The second-order valence-electron chi connectivity index (χ2n) is 4.22. The molecule has 2 atom stereocenters. The lowest BCUT2D eigenvalue weighted by Gasteiger charge is -2.34. The van der Waals surface area contributed by atoms with Gasteiger partial charge < -0.3 is 5.32 Å². The Balaban J connectivity index is 1.88. The number of rotatable bonds is 1. The van der Waals surface area contributed by atoms with E-state index in [-0.39, 0.29) is 12.1 Å². The summed E-state index contributed by atoms with van der Waals surface area (Å²) in [6.45, 7) is 1.29. The number of hydrogen-bond acceptors (Lipinski definition) is 2. The van der Waals surface area contributed by atoms with Gasteiger partial charge in [-0.3, -0.25) is 4.84 Å². The van der Waals surface area contributed by atoms with Gasteiger partial charge in [-0.15, -0.1) is 0 Å². The minimum absolute atomic E-state index is 0.106. The Labute approximate surface area is 94.1 Å². The first-order valence-electron chi connectivity index (χ1n) is 5.61. The quantitative estimate of drug-likeness (QED) is 0.776. The lowest BCUT2D eigenvalue weighted by atomic mass is 9.88. The maximum Gasteiger partial charge on any atom is 0.341 e. The predicted octanol–water partition coefficient (Wildman–Crippen LogP) is 1.50. The van der Waals surface area contributed by atoms with Crippen LogP contribution in [-0.4, -0.2) is 30.3 Å². The summed E-state index contributed by atoms with van der Waals surface area (Å²) in [6, 6.07) is 10.4. The molecule has 0 aliphatic carbocycles. The first-order valence-corrected chi connectivity index (χ1v) is 5.61. The fraction of sp³-hybridized carbons (Fsp3) is 0.417. The number of nitrogens with one attached hydrogen (secondary N) is 1. The third-order valence-electron chi connectivity index (χ3n) is 3.32. The van der Waals surface area contributed by atoms with Gasteiger partial charge in [-0.2, -0.15) is 5.06 Å². The molecule has 1 aromatic rings. The lowest BCUT2D eigenvalue weighted by Crippen LogP contribution is -2.42. The summed E-state index contributed by atoms with van der Waals surface area (Å²) in [7, 11) is 0. The highest BCUT2D eigenvalue weighted by Gasteiger charge is 2.41. The number of nitrogens with zero attached hydrogens (tertiary/aromatic N) is 1. The van der Waals surface area contributed by atoms with Crippen LogP contribution in [0.1, 0.15) is 17.9 Å². The summed E-state index contributed by atoms with van der Waals surface area (Å²) >= 11 is 0. The molecule has 84 valence electrons. The summed E-state index contributed by atoms with van der Waals surface area (Å²) in [5, 5.41) is 4.32. The fourth-order valence-corrected chi connectivity index (χ4v) is 2.52. The van der Waals surface area contributed by atoms with Crippen LogP contribution in [0.5, 0.6) is 0 Å². The Morgan fingerprint density at radius 1 is 1.31 bits per heavy atom. The number of fused-ring (bicyclic) bond motifs is 1. The van der Waals surface area contributed by atoms with Crippen molar-refractivity contribution in [2.24, 2.45) is 0 Å². The van der Waals surface area contributed by atoms with Crippen LogP contribution in [-0.2, 0) is 4.84 Å². The Hall–Kier alpha value is -1.55. The Kier molecular flexibility index (Phi) is 2.29. The molecule has 2 heterocycles. The zero-order valence-electron chi connectivity index (χ0n) is 8.93. The minimum Gasteiger partial charge on any atom is -0.334 e. The molecule has 1 N–H and O–H groups in total. The first kappa shape index (κ1) is 9.66. The van der Waals surface area contributed by atoms with Crippen molar-refractivity contribution in [3.8, 4) is 0 Å². The maximum absolute atomic E-state index is 11.5. The van der Waals surface area contributed by atoms with Crippen molar-refractivity contribution < 1.29 is 9.63 Å². The largest absolute Gasteiger partial charge is 0.341 e. The van der Waals surface area contributed by atoms with E-state index < -0.39 is 0 Å². The SMILES string of the molecule is O=C1NCC2C(c3ccccc3)CCON12. The molecule has 2 aliphatic heterocycles. The van der Waals surface area contributed by atoms with Crippen LogP contribution in [0.25, 0.3) is 0 Å². The number of urea groups is 1. The van der Waals surface area contributed by atoms with Gasteiger partial charge in [0, 0.05) is 12.5 Å². The Morgan fingerprint density at radius 3 is 2.94 bits per heavy atom. The molecule has 0 aromatic heterocycles. The molecular weight excluding hydrogens is 204 g/mol. The van der Waals surface area contributed by atoms with Crippen LogP contribution in [0, 0.1) is 0 Å². The normalized spacial score (nSPS) is 28.8. The standard InChI is InChI=1S/C12H14N2O2/c15-12-13-8-11-10(6-7-16-14(11)12)9-4-2-1-3-5-9/h1-5,10-11H,6-8H2,(H,13,15). The highest BCUT2D eigenvalue weighted by molar-refractivity contribution is 5.76. The highest BCUT2D eigenvalue weighted by atomic mass is 16.7. The Morgan fingerprint density at radius 2 is 2.12 bits per heavy atom. The molecule has 3 rings (SSSR count). The van der Waals surface area contributed by atoms with Gasteiger partial charge in [-0.1, -0.05) is 30.3 Å². The second-order valence-corrected chi connectivity index (χ2v) is 4.22. The van der Waals surface area contributed by atoms with E-state index in [4.69, 9.17) is 4.84 Å². The van der Waals surface area contributed by atoms with Crippen LogP contribution in [0.15, 0.2) is 30.3 Å². The smallest absolute Gasteiger partial charge is 0.334 e. The monoisotopic (exact) mass is 218 g/mol. The zero-order valence-corrected chi connectivity index (χ0v) is 8.93. The van der Waals surface area contributed by atoms with E-state index in [0.29, 0.717) is 19.1 Å². The molecule has 2 fully saturated rings. The molecule has 4 heteroatoms. The number of benzene rings is 1. The van der Waals surface area contributed by atoms with Crippen LogP contribution in [0.2, 0.25) is 0 Å². The van der Waals surface area contributed by atoms with E-state index in [1.54, 1.807) is 0 Å². The lowest BCUT2D eigenvalue weighted by molar-refractivity contribution is -0.161. The van der Waals surface area contributed by atoms with Gasteiger partial charge in [0.2, 0.25) is 0 Å². The molecule has 0 bridgehead atoms. The maximum atomic E-state index is 11.5. The average Bonchev–Trinajstić information content (AvgIpc) is 2.73.